The van der Waals surface area contributed by atoms with Gasteiger partial charge in [0.1, 0.15) is 5.75 Å². The lowest BCUT2D eigenvalue weighted by atomic mass is 9.90. The summed E-state index contributed by atoms with van der Waals surface area (Å²) in [6, 6.07) is 8.68. The minimum atomic E-state index is -1.12. The fourth-order valence-electron chi connectivity index (χ4n) is 2.04. The number of ether oxygens (including phenoxy) is 2. The van der Waals surface area contributed by atoms with Crippen molar-refractivity contribution in [1.82, 2.24) is 5.16 Å². The van der Waals surface area contributed by atoms with Gasteiger partial charge in [0.15, 0.2) is 11.5 Å². The van der Waals surface area contributed by atoms with E-state index in [1.807, 2.05) is 18.2 Å². The molecule has 0 radical (unpaired) electrons. The third-order valence-electron chi connectivity index (χ3n) is 3.34. The molecule has 21 heavy (non-hydrogen) atoms. The molecule has 0 unspecified atom stereocenters. The van der Waals surface area contributed by atoms with E-state index in [0.717, 1.165) is 5.56 Å². The quantitative estimate of drug-likeness (QED) is 0.910. The molecule has 1 aliphatic rings. The minimum Gasteiger partial charge on any atom is -0.493 e. The van der Waals surface area contributed by atoms with E-state index in [1.165, 1.54) is 6.07 Å². The molecule has 2 aromatic rings. The largest absolute Gasteiger partial charge is 0.493 e. The Labute approximate surface area is 121 Å². The molecular weight excluding hydrogens is 274 g/mol. The van der Waals surface area contributed by atoms with Crippen molar-refractivity contribution in [2.45, 2.75) is 6.92 Å². The van der Waals surface area contributed by atoms with E-state index in [9.17, 15) is 4.79 Å². The maximum atomic E-state index is 10.8. The van der Waals surface area contributed by atoms with E-state index in [2.05, 4.69) is 12.1 Å². The Hall–Kier alpha value is -2.34. The second kappa shape index (κ2) is 5.21. The van der Waals surface area contributed by atoms with Crippen LogP contribution >= 0.6 is 0 Å². The van der Waals surface area contributed by atoms with E-state index in [1.54, 1.807) is 6.07 Å². The number of aromatic nitrogens is 1. The summed E-state index contributed by atoms with van der Waals surface area (Å²) in [4.78, 5) is 10.8. The molecule has 0 aliphatic carbocycles. The Bertz CT molecular complexity index is 660. The second-order valence-electron chi connectivity index (χ2n) is 5.50. The van der Waals surface area contributed by atoms with Crippen molar-refractivity contribution in [3.05, 3.63) is 36.0 Å². The highest BCUT2D eigenvalue weighted by molar-refractivity contribution is 5.86. The molecule has 1 aromatic carbocycles. The first-order valence-corrected chi connectivity index (χ1v) is 6.57. The van der Waals surface area contributed by atoms with Gasteiger partial charge in [0.05, 0.1) is 19.8 Å². The van der Waals surface area contributed by atoms with Crippen LogP contribution in [0, 0.1) is 5.41 Å². The van der Waals surface area contributed by atoms with Gasteiger partial charge in [0, 0.05) is 17.0 Å². The third kappa shape index (κ3) is 2.90. The normalized spacial score (nSPS) is 16.2. The molecule has 1 fully saturated rings. The monoisotopic (exact) mass is 289 g/mol. The summed E-state index contributed by atoms with van der Waals surface area (Å²) in [5, 5.41) is 12.3. The number of aromatic carboxylic acids is 1. The van der Waals surface area contributed by atoms with Crippen molar-refractivity contribution in [1.29, 1.82) is 0 Å². The summed E-state index contributed by atoms with van der Waals surface area (Å²) in [6.45, 7) is 4.09. The number of nitrogens with zero attached hydrogens (tertiary/aromatic N) is 1. The molecular formula is C15H15NO5. The van der Waals surface area contributed by atoms with Crippen molar-refractivity contribution >= 4 is 5.97 Å². The molecule has 1 aromatic heterocycles. The number of carboxylic acid groups (broad SMARTS) is 1. The van der Waals surface area contributed by atoms with Gasteiger partial charge in [-0.25, -0.2) is 4.79 Å². The van der Waals surface area contributed by atoms with Crippen LogP contribution in [0.15, 0.2) is 34.9 Å². The summed E-state index contributed by atoms with van der Waals surface area (Å²) >= 11 is 0. The van der Waals surface area contributed by atoms with Crippen LogP contribution in [-0.4, -0.2) is 36.1 Å². The predicted octanol–water partition coefficient (Wildman–Crippen LogP) is 2.46. The molecule has 0 amide bonds. The van der Waals surface area contributed by atoms with Crippen molar-refractivity contribution < 1.29 is 23.9 Å². The SMILES string of the molecule is CC1(COc2cccc(-c3cc(C(=O)O)no3)c2)COC1. The standard InChI is InChI=1S/C15H15NO5/c1-15(7-19-8-15)9-20-11-4-2-3-10(5-11)13-6-12(14(17)18)16-21-13/h2-6H,7-9H2,1H3,(H,17,18). The summed E-state index contributed by atoms with van der Waals surface area (Å²) in [7, 11) is 0. The average Bonchev–Trinajstić information content (AvgIpc) is 2.93. The lowest BCUT2D eigenvalue weighted by molar-refractivity contribution is -0.120. The molecule has 1 aliphatic heterocycles. The lowest BCUT2D eigenvalue weighted by Gasteiger charge is -2.37. The molecule has 6 heteroatoms. The fourth-order valence-corrected chi connectivity index (χ4v) is 2.04. The van der Waals surface area contributed by atoms with Gasteiger partial charge >= 0.3 is 5.97 Å². The van der Waals surface area contributed by atoms with Crippen molar-refractivity contribution in [3.63, 3.8) is 0 Å². The second-order valence-corrected chi connectivity index (χ2v) is 5.50. The number of hydrogen-bond acceptors (Lipinski definition) is 5. The zero-order valence-corrected chi connectivity index (χ0v) is 11.5. The van der Waals surface area contributed by atoms with Crippen LogP contribution < -0.4 is 4.74 Å². The summed E-state index contributed by atoms with van der Waals surface area (Å²) in [5.74, 6) is -0.0137. The summed E-state index contributed by atoms with van der Waals surface area (Å²) in [6.07, 6.45) is 0. The topological polar surface area (TPSA) is 81.8 Å². The number of carboxylic acids is 1. The smallest absolute Gasteiger partial charge is 0.358 e. The van der Waals surface area contributed by atoms with Crippen LogP contribution in [0.1, 0.15) is 17.4 Å². The van der Waals surface area contributed by atoms with Crippen LogP contribution in [-0.2, 0) is 4.74 Å². The molecule has 0 spiro atoms. The van der Waals surface area contributed by atoms with Crippen LogP contribution in [0.5, 0.6) is 5.75 Å². The van der Waals surface area contributed by atoms with E-state index >= 15 is 0 Å². The first kappa shape index (κ1) is 13.6. The van der Waals surface area contributed by atoms with E-state index in [4.69, 9.17) is 19.1 Å². The van der Waals surface area contributed by atoms with Gasteiger partial charge in [-0.1, -0.05) is 24.2 Å². The highest BCUT2D eigenvalue weighted by atomic mass is 16.5. The number of rotatable bonds is 5. The maximum absolute atomic E-state index is 10.8. The molecule has 1 N–H and O–H groups in total. The van der Waals surface area contributed by atoms with Gasteiger partial charge in [0.25, 0.3) is 0 Å². The van der Waals surface area contributed by atoms with Gasteiger partial charge in [0.2, 0.25) is 0 Å². The van der Waals surface area contributed by atoms with Crippen molar-refractivity contribution in [2.24, 2.45) is 5.41 Å². The van der Waals surface area contributed by atoms with Crippen LogP contribution in [0.2, 0.25) is 0 Å². The molecule has 1 saturated heterocycles. The Morgan fingerprint density at radius 2 is 2.24 bits per heavy atom. The van der Waals surface area contributed by atoms with Gasteiger partial charge in [-0.05, 0) is 12.1 Å². The fraction of sp³-hybridized carbons (Fsp3) is 0.333. The number of benzene rings is 1. The third-order valence-corrected chi connectivity index (χ3v) is 3.34. The van der Waals surface area contributed by atoms with E-state index in [-0.39, 0.29) is 11.1 Å². The summed E-state index contributed by atoms with van der Waals surface area (Å²) in [5.41, 5.74) is 0.677. The van der Waals surface area contributed by atoms with Crippen LogP contribution in [0.4, 0.5) is 0 Å². The zero-order chi connectivity index (χ0) is 14.9. The molecule has 2 heterocycles. The van der Waals surface area contributed by atoms with Crippen LogP contribution in [0.3, 0.4) is 0 Å². The molecule has 110 valence electrons. The van der Waals surface area contributed by atoms with Crippen molar-refractivity contribution in [3.8, 4) is 17.1 Å². The molecule has 3 rings (SSSR count). The predicted molar refractivity (Wildman–Crippen MR) is 73.3 cm³/mol. The van der Waals surface area contributed by atoms with Crippen molar-refractivity contribution in [2.75, 3.05) is 19.8 Å². The number of hydrogen-bond donors (Lipinski definition) is 1. The van der Waals surface area contributed by atoms with E-state index < -0.39 is 5.97 Å². The van der Waals surface area contributed by atoms with E-state index in [0.29, 0.717) is 31.3 Å². The highest BCUT2D eigenvalue weighted by Gasteiger charge is 2.34. The average molecular weight is 289 g/mol. The summed E-state index contributed by atoms with van der Waals surface area (Å²) < 4.78 is 16.0. The lowest BCUT2D eigenvalue weighted by Crippen LogP contribution is -2.44. The maximum Gasteiger partial charge on any atom is 0.358 e. The minimum absolute atomic E-state index is 0.0682. The first-order valence-electron chi connectivity index (χ1n) is 6.57. The molecule has 6 nitrogen and oxygen atoms in total. The Balaban J connectivity index is 1.74. The Kier molecular flexibility index (Phi) is 3.39. The molecule has 0 saturated carbocycles. The van der Waals surface area contributed by atoms with Crippen LogP contribution in [0.25, 0.3) is 11.3 Å². The first-order chi connectivity index (χ1) is 10.1. The van der Waals surface area contributed by atoms with Gasteiger partial charge in [-0.2, -0.15) is 0 Å². The molecule has 0 atom stereocenters. The molecule has 0 bridgehead atoms. The van der Waals surface area contributed by atoms with Gasteiger partial charge < -0.3 is 19.1 Å². The zero-order valence-electron chi connectivity index (χ0n) is 11.5. The Morgan fingerprint density at radius 1 is 1.43 bits per heavy atom. The van der Waals surface area contributed by atoms with Gasteiger partial charge in [-0.15, -0.1) is 0 Å². The Morgan fingerprint density at radius 3 is 2.86 bits per heavy atom. The highest BCUT2D eigenvalue weighted by Crippen LogP contribution is 2.29. The van der Waals surface area contributed by atoms with Gasteiger partial charge in [-0.3, -0.25) is 0 Å². The number of carbonyl (C=O) groups is 1.